The van der Waals surface area contributed by atoms with Crippen LogP contribution in [0, 0.1) is 11.8 Å². The van der Waals surface area contributed by atoms with Gasteiger partial charge in [0, 0.05) is 37.3 Å². The minimum absolute atomic E-state index is 0.133. The van der Waals surface area contributed by atoms with E-state index in [2.05, 4.69) is 13.5 Å². The van der Waals surface area contributed by atoms with Crippen LogP contribution < -0.4 is 0 Å². The van der Waals surface area contributed by atoms with Crippen LogP contribution in [0.2, 0.25) is 0 Å². The van der Waals surface area contributed by atoms with Crippen molar-refractivity contribution in [3.05, 3.63) is 35.6 Å². The van der Waals surface area contributed by atoms with Crippen LogP contribution in [-0.2, 0) is 38.1 Å². The number of hydrogen-bond donors (Lipinski definition) is 0. The highest BCUT2D eigenvalue weighted by atomic mass is 16.7. The Labute approximate surface area is 194 Å². The van der Waals surface area contributed by atoms with E-state index in [1.54, 1.807) is 19.3 Å². The normalized spacial score (nSPS) is 32.3. The van der Waals surface area contributed by atoms with Crippen molar-refractivity contribution in [2.75, 3.05) is 7.11 Å². The number of fused-ring (bicyclic) bond motifs is 2. The molecule has 6 atom stereocenters. The van der Waals surface area contributed by atoms with E-state index in [0.717, 1.165) is 36.8 Å². The molecule has 0 amide bonds. The Bertz CT molecular complexity index is 872. The maximum Gasteiger partial charge on any atom is 0.333 e. The fraction of sp³-hybridized carbons (Fsp3) is 0.640. The monoisotopic (exact) mass is 462 g/mol. The quantitative estimate of drug-likeness (QED) is 0.193. The van der Waals surface area contributed by atoms with Crippen molar-refractivity contribution in [3.63, 3.8) is 0 Å². The molecular formula is C25H34O8. The van der Waals surface area contributed by atoms with Crippen LogP contribution in [0.5, 0.6) is 0 Å². The van der Waals surface area contributed by atoms with Crippen molar-refractivity contribution in [1.29, 1.82) is 0 Å². The highest BCUT2D eigenvalue weighted by Crippen LogP contribution is 2.50. The fourth-order valence-electron chi connectivity index (χ4n) is 4.90. The molecule has 0 bridgehead atoms. The average Bonchev–Trinajstić information content (AvgIpc) is 3.40. The second-order valence-electron chi connectivity index (χ2n) is 9.23. The number of hydrogen-bond acceptors (Lipinski definition) is 8. The first-order chi connectivity index (χ1) is 15.6. The lowest BCUT2D eigenvalue weighted by molar-refractivity contribution is -0.181. The molecule has 182 valence electrons. The lowest BCUT2D eigenvalue weighted by Gasteiger charge is -2.40. The maximum atomic E-state index is 11.9. The van der Waals surface area contributed by atoms with Gasteiger partial charge >= 0.3 is 17.9 Å². The van der Waals surface area contributed by atoms with Gasteiger partial charge in [-0.1, -0.05) is 18.2 Å². The Kier molecular flexibility index (Phi) is 7.67. The smallest absolute Gasteiger partial charge is 0.333 e. The summed E-state index contributed by atoms with van der Waals surface area (Å²) in [4.78, 5) is 35.5. The largest absolute Gasteiger partial charge is 0.466 e. The minimum Gasteiger partial charge on any atom is -0.466 e. The first-order valence-corrected chi connectivity index (χ1v) is 11.4. The predicted octanol–water partition coefficient (Wildman–Crippen LogP) is 3.75. The molecule has 8 heteroatoms. The van der Waals surface area contributed by atoms with E-state index in [4.69, 9.17) is 23.7 Å². The molecule has 0 radical (unpaired) electrons. The second-order valence-corrected chi connectivity index (χ2v) is 9.23. The molecule has 1 saturated carbocycles. The van der Waals surface area contributed by atoms with Crippen LogP contribution in [0.3, 0.4) is 0 Å². The molecular weight excluding hydrogens is 428 g/mol. The highest BCUT2D eigenvalue weighted by Gasteiger charge is 2.54. The number of epoxide rings is 1. The summed E-state index contributed by atoms with van der Waals surface area (Å²) >= 11 is 0. The lowest BCUT2D eigenvalue weighted by atomic mass is 9.74. The summed E-state index contributed by atoms with van der Waals surface area (Å²) in [6, 6.07) is 0. The van der Waals surface area contributed by atoms with Crippen molar-refractivity contribution in [2.24, 2.45) is 11.8 Å². The summed E-state index contributed by atoms with van der Waals surface area (Å²) < 4.78 is 27.8. The van der Waals surface area contributed by atoms with Crippen molar-refractivity contribution in [2.45, 2.75) is 83.9 Å². The molecule has 33 heavy (non-hydrogen) atoms. The number of esters is 3. The zero-order valence-corrected chi connectivity index (χ0v) is 20.1. The van der Waals surface area contributed by atoms with Crippen LogP contribution >= 0.6 is 0 Å². The molecule has 3 rings (SSSR count). The summed E-state index contributed by atoms with van der Waals surface area (Å²) in [6.07, 6.45) is 5.35. The molecule has 1 aliphatic carbocycles. The number of methoxy groups -OCH3 is 1. The summed E-state index contributed by atoms with van der Waals surface area (Å²) in [7, 11) is 1.32. The third kappa shape index (κ3) is 5.85. The van der Waals surface area contributed by atoms with Crippen LogP contribution in [0.1, 0.15) is 59.8 Å². The molecule has 0 aromatic carbocycles. The number of carbonyl (C=O) groups is 3. The Morgan fingerprint density at radius 1 is 1.24 bits per heavy atom. The van der Waals surface area contributed by atoms with Gasteiger partial charge in [-0.2, -0.15) is 0 Å². The van der Waals surface area contributed by atoms with E-state index >= 15 is 0 Å². The van der Waals surface area contributed by atoms with E-state index in [1.165, 1.54) is 21.0 Å². The molecule has 2 heterocycles. The number of rotatable bonds is 6. The van der Waals surface area contributed by atoms with Gasteiger partial charge in [0.05, 0.1) is 31.0 Å². The topological polar surface area (TPSA) is 101 Å². The standard InChI is InChI=1S/C25H34O8/c1-14-8-10-21-25(5,33-21)12-11-18-19(13-30-24(22(14)18)32-17(4)27)20(31-16(3)26)9-7-15(2)23(28)29-6/h7,13,18,20-22,24H,1,8-12H2,2-6H3/b15-7+/t18-,20-,21+,22+,24-,25+/m1/s1. The molecule has 0 aromatic heterocycles. The Morgan fingerprint density at radius 3 is 2.61 bits per heavy atom. The van der Waals surface area contributed by atoms with Gasteiger partial charge in [-0.15, -0.1) is 0 Å². The Hall–Kier alpha value is -2.61. The van der Waals surface area contributed by atoms with Gasteiger partial charge in [-0.05, 0) is 39.5 Å². The molecule has 0 N–H and O–H groups in total. The van der Waals surface area contributed by atoms with Gasteiger partial charge in [-0.25, -0.2) is 4.79 Å². The summed E-state index contributed by atoms with van der Waals surface area (Å²) in [5.41, 5.74) is 1.92. The maximum absolute atomic E-state index is 11.9. The number of ether oxygens (including phenoxy) is 5. The van der Waals surface area contributed by atoms with E-state index < -0.39 is 30.3 Å². The SMILES string of the molecule is C=C1CC[C@@H]2O[C@@]2(C)CC[C@@H]2C([C@@H](C/C=C(\C)C(=O)OC)OC(C)=O)=CO[C@H](OC(C)=O)[C@@H]12. The molecule has 0 aromatic rings. The van der Waals surface area contributed by atoms with Gasteiger partial charge in [-0.3, -0.25) is 9.59 Å². The van der Waals surface area contributed by atoms with Crippen LogP contribution in [0.4, 0.5) is 0 Å². The molecule has 1 saturated heterocycles. The van der Waals surface area contributed by atoms with Gasteiger partial charge in [0.1, 0.15) is 6.10 Å². The Balaban J connectivity index is 1.96. The van der Waals surface area contributed by atoms with Gasteiger partial charge in [0.15, 0.2) is 0 Å². The first-order valence-electron chi connectivity index (χ1n) is 11.4. The molecule has 0 spiro atoms. The van der Waals surface area contributed by atoms with Crippen LogP contribution in [0.25, 0.3) is 0 Å². The zero-order valence-electron chi connectivity index (χ0n) is 20.1. The molecule has 0 unspecified atom stereocenters. The van der Waals surface area contributed by atoms with Crippen molar-refractivity contribution in [1.82, 2.24) is 0 Å². The summed E-state index contributed by atoms with van der Waals surface area (Å²) in [5, 5.41) is 0. The summed E-state index contributed by atoms with van der Waals surface area (Å²) in [6.45, 7) is 10.8. The van der Waals surface area contributed by atoms with E-state index in [0.29, 0.717) is 5.57 Å². The van der Waals surface area contributed by atoms with E-state index in [-0.39, 0.29) is 30.0 Å². The van der Waals surface area contributed by atoms with Crippen molar-refractivity contribution in [3.8, 4) is 0 Å². The van der Waals surface area contributed by atoms with Crippen molar-refractivity contribution >= 4 is 17.9 Å². The van der Waals surface area contributed by atoms with Gasteiger partial charge < -0.3 is 23.7 Å². The van der Waals surface area contributed by atoms with Gasteiger partial charge in [0.2, 0.25) is 6.29 Å². The number of carbonyl (C=O) groups excluding carboxylic acids is 3. The molecule has 3 aliphatic rings. The third-order valence-electron chi connectivity index (χ3n) is 6.79. The van der Waals surface area contributed by atoms with Crippen LogP contribution in [-0.4, -0.2) is 49.1 Å². The third-order valence-corrected chi connectivity index (χ3v) is 6.79. The fourth-order valence-corrected chi connectivity index (χ4v) is 4.90. The lowest BCUT2D eigenvalue weighted by Crippen LogP contribution is -2.41. The van der Waals surface area contributed by atoms with Crippen molar-refractivity contribution < 1.29 is 38.1 Å². The zero-order chi connectivity index (χ0) is 24.3. The Morgan fingerprint density at radius 2 is 1.97 bits per heavy atom. The predicted molar refractivity (Wildman–Crippen MR) is 119 cm³/mol. The van der Waals surface area contributed by atoms with Gasteiger partial charge in [0.25, 0.3) is 0 Å². The van der Waals surface area contributed by atoms with Crippen LogP contribution in [0.15, 0.2) is 35.6 Å². The first kappa shape index (κ1) is 25.0. The van der Waals surface area contributed by atoms with E-state index in [1.807, 2.05) is 0 Å². The second kappa shape index (κ2) is 10.1. The average molecular weight is 463 g/mol. The molecule has 2 aliphatic heterocycles. The molecule has 2 fully saturated rings. The highest BCUT2D eigenvalue weighted by molar-refractivity contribution is 5.87. The van der Waals surface area contributed by atoms with E-state index in [9.17, 15) is 14.4 Å². The summed E-state index contributed by atoms with van der Waals surface area (Å²) in [5.74, 6) is -1.73. The minimum atomic E-state index is -0.794. The molecule has 8 nitrogen and oxygen atoms in total.